The molecule has 0 aromatic carbocycles. The van der Waals surface area contributed by atoms with Gasteiger partial charge in [0.2, 0.25) is 0 Å². The van der Waals surface area contributed by atoms with Crippen molar-refractivity contribution < 1.29 is 14.3 Å². The van der Waals surface area contributed by atoms with Crippen LogP contribution in [0.4, 0.5) is 4.79 Å². The van der Waals surface area contributed by atoms with E-state index in [1.165, 1.54) is 21.3 Å². The van der Waals surface area contributed by atoms with E-state index in [2.05, 4.69) is 17.1 Å². The molecule has 0 bridgehead atoms. The van der Waals surface area contributed by atoms with Gasteiger partial charge >= 0.3 is 6.03 Å². The summed E-state index contributed by atoms with van der Waals surface area (Å²) in [7, 11) is 4.49. The van der Waals surface area contributed by atoms with Crippen LogP contribution in [0.5, 0.6) is 0 Å². The summed E-state index contributed by atoms with van der Waals surface area (Å²) in [5.74, 6) is 0. The van der Waals surface area contributed by atoms with Crippen LogP contribution in [0.2, 0.25) is 0 Å². The average Bonchev–Trinajstić information content (AvgIpc) is 2.17. The number of hydrazone groups is 1. The first-order valence-corrected chi connectivity index (χ1v) is 3.69. The summed E-state index contributed by atoms with van der Waals surface area (Å²) in [4.78, 5) is 11.1. The van der Waals surface area contributed by atoms with Crippen LogP contribution in [-0.4, -0.2) is 51.9 Å². The van der Waals surface area contributed by atoms with Crippen molar-refractivity contribution in [2.45, 2.75) is 6.29 Å². The fourth-order valence-corrected chi connectivity index (χ4v) is 0.612. The van der Waals surface area contributed by atoms with Crippen molar-refractivity contribution in [1.82, 2.24) is 10.3 Å². The number of hydrogen-bond acceptors (Lipinski definition) is 4. The Labute approximate surface area is 77.5 Å². The normalized spacial score (nSPS) is 9.85. The molecule has 0 saturated carbocycles. The molecule has 2 amide bonds. The van der Waals surface area contributed by atoms with E-state index in [-0.39, 0.29) is 12.6 Å². The average molecular weight is 189 g/mol. The van der Waals surface area contributed by atoms with Crippen LogP contribution < -0.4 is 5.32 Å². The molecule has 76 valence electrons. The number of nitrogens with one attached hydrogen (secondary N) is 1. The second kappa shape index (κ2) is 6.38. The van der Waals surface area contributed by atoms with Gasteiger partial charge < -0.3 is 14.8 Å². The quantitative estimate of drug-likeness (QED) is 0.372. The van der Waals surface area contributed by atoms with Gasteiger partial charge in [-0.3, -0.25) is 0 Å². The molecule has 0 rings (SSSR count). The molecule has 13 heavy (non-hydrogen) atoms. The Morgan fingerprint density at radius 1 is 1.62 bits per heavy atom. The third-order valence-electron chi connectivity index (χ3n) is 1.45. The Kier molecular flexibility index (Phi) is 5.82. The largest absolute Gasteiger partial charge is 0.354 e. The van der Waals surface area contributed by atoms with Gasteiger partial charge in [0.15, 0.2) is 6.29 Å². The minimum absolute atomic E-state index is 0.270. The molecule has 0 radical (unpaired) electrons. The molecule has 0 spiro atoms. The van der Waals surface area contributed by atoms with E-state index in [1.807, 2.05) is 0 Å². The highest BCUT2D eigenvalue weighted by Gasteiger charge is 2.09. The molecular weight excluding hydrogens is 174 g/mol. The van der Waals surface area contributed by atoms with Gasteiger partial charge in [-0.1, -0.05) is 0 Å². The number of methoxy groups -OCH3 is 2. The predicted octanol–water partition coefficient (Wildman–Crippen LogP) is -0.138. The van der Waals surface area contributed by atoms with E-state index in [4.69, 9.17) is 9.47 Å². The van der Waals surface area contributed by atoms with Crippen molar-refractivity contribution in [3.8, 4) is 0 Å². The summed E-state index contributed by atoms with van der Waals surface area (Å²) >= 11 is 0. The third-order valence-corrected chi connectivity index (χ3v) is 1.45. The maximum atomic E-state index is 11.1. The van der Waals surface area contributed by atoms with Crippen LogP contribution in [0.15, 0.2) is 5.10 Å². The molecule has 0 saturated heterocycles. The summed E-state index contributed by atoms with van der Waals surface area (Å²) in [6.07, 6.45) is -0.442. The molecule has 0 aliphatic rings. The number of carbonyl (C=O) groups excluding carboxylic acids is 1. The Hall–Kier alpha value is -1.14. The fraction of sp³-hybridized carbons (Fsp3) is 0.714. The standard InChI is InChI=1S/C7H15N3O3/c1-8-10(2)7(11)9-5-6(12-3)13-4/h6H,1,5H2,2-4H3,(H,9,11). The number of amides is 2. The minimum atomic E-state index is -0.442. The first-order valence-electron chi connectivity index (χ1n) is 3.69. The van der Waals surface area contributed by atoms with E-state index in [1.54, 1.807) is 0 Å². The van der Waals surface area contributed by atoms with E-state index in [0.29, 0.717) is 0 Å². The van der Waals surface area contributed by atoms with Crippen molar-refractivity contribution in [2.24, 2.45) is 5.10 Å². The first-order chi connectivity index (χ1) is 6.15. The van der Waals surface area contributed by atoms with E-state index in [0.717, 1.165) is 5.01 Å². The van der Waals surface area contributed by atoms with Crippen LogP contribution in [0.1, 0.15) is 0 Å². The Balaban J connectivity index is 3.74. The second-order valence-electron chi connectivity index (χ2n) is 2.25. The molecule has 0 aromatic rings. The molecule has 0 aliphatic heterocycles. The Bertz CT molecular complexity index is 170. The molecule has 0 heterocycles. The molecule has 0 atom stereocenters. The predicted molar refractivity (Wildman–Crippen MR) is 48.5 cm³/mol. The van der Waals surface area contributed by atoms with Crippen molar-refractivity contribution in [1.29, 1.82) is 0 Å². The number of ether oxygens (including phenoxy) is 2. The number of rotatable bonds is 5. The van der Waals surface area contributed by atoms with Gasteiger partial charge in [0.05, 0.1) is 6.54 Å². The lowest BCUT2D eigenvalue weighted by Gasteiger charge is -2.16. The summed E-state index contributed by atoms with van der Waals surface area (Å²) in [5.41, 5.74) is 0. The lowest BCUT2D eigenvalue weighted by atomic mass is 10.6. The lowest BCUT2D eigenvalue weighted by molar-refractivity contribution is -0.0974. The highest BCUT2D eigenvalue weighted by atomic mass is 16.7. The molecule has 6 nitrogen and oxygen atoms in total. The second-order valence-corrected chi connectivity index (χ2v) is 2.25. The molecule has 0 aromatic heterocycles. The zero-order chi connectivity index (χ0) is 10.3. The topological polar surface area (TPSA) is 63.2 Å². The number of nitrogens with zero attached hydrogens (tertiary/aromatic N) is 2. The van der Waals surface area contributed by atoms with Gasteiger partial charge in [-0.25, -0.2) is 9.80 Å². The smallest absolute Gasteiger partial charge is 0.337 e. The number of urea groups is 1. The Morgan fingerprint density at radius 3 is 2.54 bits per heavy atom. The van der Waals surface area contributed by atoms with E-state index < -0.39 is 6.29 Å². The van der Waals surface area contributed by atoms with Gasteiger partial charge in [0, 0.05) is 28.0 Å². The van der Waals surface area contributed by atoms with Crippen molar-refractivity contribution in [2.75, 3.05) is 27.8 Å². The molecule has 0 fully saturated rings. The summed E-state index contributed by atoms with van der Waals surface area (Å²) < 4.78 is 9.72. The van der Waals surface area contributed by atoms with Gasteiger partial charge in [-0.2, -0.15) is 5.10 Å². The minimum Gasteiger partial charge on any atom is -0.354 e. The third kappa shape index (κ3) is 4.44. The van der Waals surface area contributed by atoms with Crippen LogP contribution in [-0.2, 0) is 9.47 Å². The fourth-order valence-electron chi connectivity index (χ4n) is 0.612. The summed E-state index contributed by atoms with van der Waals surface area (Å²) in [6, 6.07) is -0.353. The van der Waals surface area contributed by atoms with Crippen LogP contribution in [0.3, 0.4) is 0 Å². The molecule has 0 unspecified atom stereocenters. The summed E-state index contributed by atoms with van der Waals surface area (Å²) in [6.45, 7) is 3.47. The highest BCUT2D eigenvalue weighted by molar-refractivity contribution is 5.73. The maximum Gasteiger partial charge on any atom is 0.337 e. The SMILES string of the molecule is C=NN(C)C(=O)NCC(OC)OC. The molecule has 0 aliphatic carbocycles. The molecular formula is C7H15N3O3. The monoisotopic (exact) mass is 189 g/mol. The van der Waals surface area contributed by atoms with Crippen LogP contribution in [0.25, 0.3) is 0 Å². The number of hydrogen-bond donors (Lipinski definition) is 1. The first kappa shape index (κ1) is 11.9. The Morgan fingerprint density at radius 2 is 2.15 bits per heavy atom. The number of carbonyl (C=O) groups is 1. The van der Waals surface area contributed by atoms with Crippen molar-refractivity contribution in [3.63, 3.8) is 0 Å². The van der Waals surface area contributed by atoms with Gasteiger partial charge in [0.1, 0.15) is 0 Å². The van der Waals surface area contributed by atoms with Crippen molar-refractivity contribution in [3.05, 3.63) is 0 Å². The molecule has 6 heteroatoms. The van der Waals surface area contributed by atoms with Gasteiger partial charge in [-0.05, 0) is 0 Å². The zero-order valence-corrected chi connectivity index (χ0v) is 8.11. The van der Waals surface area contributed by atoms with Crippen LogP contribution >= 0.6 is 0 Å². The lowest BCUT2D eigenvalue weighted by Crippen LogP contribution is -2.39. The van der Waals surface area contributed by atoms with Gasteiger partial charge in [-0.15, -0.1) is 0 Å². The van der Waals surface area contributed by atoms with Gasteiger partial charge in [0.25, 0.3) is 0 Å². The van der Waals surface area contributed by atoms with E-state index >= 15 is 0 Å². The zero-order valence-electron chi connectivity index (χ0n) is 8.11. The molecule has 1 N–H and O–H groups in total. The van der Waals surface area contributed by atoms with Crippen LogP contribution in [0, 0.1) is 0 Å². The highest BCUT2D eigenvalue weighted by Crippen LogP contribution is 1.89. The summed E-state index contributed by atoms with van der Waals surface area (Å²) in [5, 5.41) is 7.03. The maximum absolute atomic E-state index is 11.1. The van der Waals surface area contributed by atoms with E-state index in [9.17, 15) is 4.79 Å². The van der Waals surface area contributed by atoms with Crippen molar-refractivity contribution >= 4 is 12.7 Å².